The zero-order chi connectivity index (χ0) is 25.5. The number of amides is 2. The van der Waals surface area contributed by atoms with Crippen molar-refractivity contribution in [3.63, 3.8) is 0 Å². The molecular weight excluding hydrogens is 497 g/mol. The molecule has 1 fully saturated rings. The van der Waals surface area contributed by atoms with E-state index in [9.17, 15) is 9.59 Å². The molecule has 0 aliphatic carbocycles. The number of carbonyl (C=O) groups excluding carboxylic acids is 2. The van der Waals surface area contributed by atoms with Gasteiger partial charge in [-0.05, 0) is 60.0 Å². The normalized spacial score (nSPS) is 15.3. The number of halogens is 2. The van der Waals surface area contributed by atoms with Gasteiger partial charge in [0.25, 0.3) is 5.91 Å². The largest absolute Gasteiger partial charge is 0.489 e. The quantitative estimate of drug-likeness (QED) is 0.412. The lowest BCUT2D eigenvalue weighted by Gasteiger charge is -2.24. The lowest BCUT2D eigenvalue weighted by Crippen LogP contribution is -2.42. The molecule has 1 aliphatic rings. The number of hydrogen-bond acceptors (Lipinski definition) is 4. The Labute approximate surface area is 220 Å². The monoisotopic (exact) mass is 523 g/mol. The topological polar surface area (TPSA) is 75.9 Å². The van der Waals surface area contributed by atoms with Gasteiger partial charge in [0.15, 0.2) is 0 Å². The number of hydrogen-bond donors (Lipinski definition) is 1. The fraction of sp³-hybridized carbons (Fsp3) is 0.214. The predicted octanol–water partition coefficient (Wildman–Crippen LogP) is 5.18. The molecular formula is C28H27Cl2N3O3. The Bertz CT molecular complexity index is 1230. The number of ether oxygens (including phenoxy) is 1. The molecule has 3 aromatic rings. The molecule has 0 aromatic heterocycles. The van der Waals surface area contributed by atoms with Crippen molar-refractivity contribution in [3.8, 4) is 5.75 Å². The fourth-order valence-electron chi connectivity index (χ4n) is 3.89. The van der Waals surface area contributed by atoms with Gasteiger partial charge in [-0.1, -0.05) is 59.6 Å². The molecule has 4 rings (SSSR count). The van der Waals surface area contributed by atoms with E-state index in [0.29, 0.717) is 41.2 Å². The van der Waals surface area contributed by atoms with Crippen molar-refractivity contribution in [2.45, 2.75) is 19.1 Å². The summed E-state index contributed by atoms with van der Waals surface area (Å²) >= 11 is 12.0. The molecule has 0 radical (unpaired) electrons. The Balaban J connectivity index is 1.48. The zero-order valence-corrected chi connectivity index (χ0v) is 21.2. The average molecular weight is 524 g/mol. The molecule has 36 heavy (non-hydrogen) atoms. The van der Waals surface area contributed by atoms with Crippen LogP contribution in [0, 0.1) is 0 Å². The smallest absolute Gasteiger partial charge is 0.251 e. The third-order valence-corrected chi connectivity index (χ3v) is 6.63. The van der Waals surface area contributed by atoms with Gasteiger partial charge in [-0.3, -0.25) is 14.5 Å². The second-order valence-electron chi connectivity index (χ2n) is 8.59. The molecule has 2 amide bonds. The fourth-order valence-corrected chi connectivity index (χ4v) is 4.21. The van der Waals surface area contributed by atoms with Crippen LogP contribution < -0.4 is 15.4 Å². The maximum absolute atomic E-state index is 13.2. The van der Waals surface area contributed by atoms with Gasteiger partial charge in [-0.25, -0.2) is 0 Å². The van der Waals surface area contributed by atoms with Crippen LogP contribution in [-0.4, -0.2) is 42.4 Å². The van der Waals surface area contributed by atoms with Gasteiger partial charge in [-0.15, -0.1) is 0 Å². The summed E-state index contributed by atoms with van der Waals surface area (Å²) < 4.78 is 5.85. The van der Waals surface area contributed by atoms with Crippen LogP contribution >= 0.6 is 23.2 Å². The summed E-state index contributed by atoms with van der Waals surface area (Å²) in [7, 11) is 0. The first-order chi connectivity index (χ1) is 17.4. The molecule has 6 nitrogen and oxygen atoms in total. The third kappa shape index (κ3) is 6.88. The van der Waals surface area contributed by atoms with Crippen LogP contribution in [0.4, 0.5) is 5.69 Å². The van der Waals surface area contributed by atoms with Crippen molar-refractivity contribution in [1.82, 2.24) is 4.90 Å². The molecule has 1 aliphatic heterocycles. The molecule has 2 N–H and O–H groups in total. The Morgan fingerprint density at radius 1 is 1.03 bits per heavy atom. The van der Waals surface area contributed by atoms with Gasteiger partial charge >= 0.3 is 0 Å². The minimum absolute atomic E-state index is 0.0250. The standard InChI is InChI=1S/C28H27Cl2N3O3/c29-25-12-6-21(16-26(25)30)19-36-24-10-8-23(9-11-24)33(18-28(35)32-15-14-22(31)17-32)27(34)13-7-20-4-2-1-3-5-20/h1-13,16,22H,14-15,17-19,31H2/b13-7+/t22-/m0/s1. The summed E-state index contributed by atoms with van der Waals surface area (Å²) in [6.45, 7) is 1.34. The Morgan fingerprint density at radius 2 is 1.78 bits per heavy atom. The average Bonchev–Trinajstić information content (AvgIpc) is 3.34. The van der Waals surface area contributed by atoms with Crippen LogP contribution in [0.25, 0.3) is 6.08 Å². The number of nitrogens with zero attached hydrogens (tertiary/aromatic N) is 2. The Hall–Kier alpha value is -3.32. The van der Waals surface area contributed by atoms with E-state index in [4.69, 9.17) is 33.7 Å². The van der Waals surface area contributed by atoms with E-state index in [2.05, 4.69) is 0 Å². The van der Waals surface area contributed by atoms with Crippen LogP contribution in [0.1, 0.15) is 17.5 Å². The first-order valence-corrected chi connectivity index (χ1v) is 12.4. The van der Waals surface area contributed by atoms with E-state index in [1.807, 2.05) is 36.4 Å². The highest BCUT2D eigenvalue weighted by Gasteiger charge is 2.26. The second kappa shape index (κ2) is 12.1. The summed E-state index contributed by atoms with van der Waals surface area (Å²) in [5, 5.41) is 0.954. The lowest BCUT2D eigenvalue weighted by molar-refractivity contribution is -0.130. The number of anilines is 1. The van der Waals surface area contributed by atoms with Gasteiger partial charge < -0.3 is 15.4 Å². The molecule has 1 saturated heterocycles. The number of benzene rings is 3. The highest BCUT2D eigenvalue weighted by atomic mass is 35.5. The maximum Gasteiger partial charge on any atom is 0.251 e. The molecule has 0 unspecified atom stereocenters. The van der Waals surface area contributed by atoms with E-state index in [1.165, 1.54) is 11.0 Å². The molecule has 1 atom stereocenters. The maximum atomic E-state index is 13.2. The van der Waals surface area contributed by atoms with Gasteiger partial charge in [0.1, 0.15) is 18.9 Å². The summed E-state index contributed by atoms with van der Waals surface area (Å²) in [4.78, 5) is 29.3. The van der Waals surface area contributed by atoms with Crippen LogP contribution in [0.3, 0.4) is 0 Å². The summed E-state index contributed by atoms with van der Waals surface area (Å²) in [5.41, 5.74) is 8.34. The van der Waals surface area contributed by atoms with Crippen molar-refractivity contribution in [3.05, 3.63) is 100 Å². The highest BCUT2D eigenvalue weighted by Crippen LogP contribution is 2.25. The van der Waals surface area contributed by atoms with E-state index < -0.39 is 0 Å². The van der Waals surface area contributed by atoms with Crippen molar-refractivity contribution in [2.24, 2.45) is 5.73 Å². The Kier molecular flexibility index (Phi) is 8.65. The Morgan fingerprint density at radius 3 is 2.44 bits per heavy atom. The molecule has 3 aromatic carbocycles. The first kappa shape index (κ1) is 25.8. The molecule has 186 valence electrons. The number of carbonyl (C=O) groups is 2. The molecule has 8 heteroatoms. The minimum atomic E-state index is -0.292. The molecule has 0 saturated carbocycles. The predicted molar refractivity (Wildman–Crippen MR) is 144 cm³/mol. The van der Waals surface area contributed by atoms with Gasteiger partial charge in [0, 0.05) is 30.9 Å². The lowest BCUT2D eigenvalue weighted by atomic mass is 10.2. The van der Waals surface area contributed by atoms with Crippen molar-refractivity contribution in [2.75, 3.05) is 24.5 Å². The first-order valence-electron chi connectivity index (χ1n) is 11.6. The van der Waals surface area contributed by atoms with E-state index in [1.54, 1.807) is 47.4 Å². The van der Waals surface area contributed by atoms with E-state index in [0.717, 1.165) is 17.5 Å². The minimum Gasteiger partial charge on any atom is -0.489 e. The number of rotatable bonds is 8. The summed E-state index contributed by atoms with van der Waals surface area (Å²) in [6.07, 6.45) is 3.98. The van der Waals surface area contributed by atoms with Crippen molar-refractivity contribution in [1.29, 1.82) is 0 Å². The zero-order valence-electron chi connectivity index (χ0n) is 19.6. The number of likely N-dealkylation sites (tertiary alicyclic amines) is 1. The highest BCUT2D eigenvalue weighted by molar-refractivity contribution is 6.42. The van der Waals surface area contributed by atoms with Crippen LogP contribution in [0.15, 0.2) is 78.9 Å². The van der Waals surface area contributed by atoms with E-state index >= 15 is 0 Å². The van der Waals surface area contributed by atoms with Crippen LogP contribution in [0.2, 0.25) is 10.0 Å². The van der Waals surface area contributed by atoms with Gasteiger partial charge in [-0.2, -0.15) is 0 Å². The van der Waals surface area contributed by atoms with Gasteiger partial charge in [0.2, 0.25) is 5.91 Å². The SMILES string of the molecule is N[C@H]1CCN(C(=O)CN(C(=O)/C=C/c2ccccc2)c2ccc(OCc3ccc(Cl)c(Cl)c3)cc2)C1. The third-order valence-electron chi connectivity index (χ3n) is 5.89. The van der Waals surface area contributed by atoms with E-state index in [-0.39, 0.29) is 24.4 Å². The van der Waals surface area contributed by atoms with Crippen molar-refractivity contribution < 1.29 is 14.3 Å². The molecule has 0 spiro atoms. The number of nitrogens with two attached hydrogens (primary N) is 1. The summed E-state index contributed by atoms with van der Waals surface area (Å²) in [5.74, 6) is 0.193. The summed E-state index contributed by atoms with van der Waals surface area (Å²) in [6, 6.07) is 21.9. The van der Waals surface area contributed by atoms with Gasteiger partial charge in [0.05, 0.1) is 10.0 Å². The van der Waals surface area contributed by atoms with Crippen LogP contribution in [-0.2, 0) is 16.2 Å². The van der Waals surface area contributed by atoms with Crippen LogP contribution in [0.5, 0.6) is 5.75 Å². The van der Waals surface area contributed by atoms with Crippen molar-refractivity contribution >= 4 is 46.8 Å². The second-order valence-corrected chi connectivity index (χ2v) is 9.40. The molecule has 0 bridgehead atoms. The molecule has 1 heterocycles.